The first-order valence-corrected chi connectivity index (χ1v) is 9.03. The highest BCUT2D eigenvalue weighted by molar-refractivity contribution is 8.01. The van der Waals surface area contributed by atoms with Crippen LogP contribution >= 0.6 is 23.1 Å². The van der Waals surface area contributed by atoms with E-state index < -0.39 is 0 Å². The lowest BCUT2D eigenvalue weighted by molar-refractivity contribution is -0.132. The Labute approximate surface area is 148 Å². The first kappa shape index (κ1) is 18.2. The molecule has 0 saturated carbocycles. The Hall–Kier alpha value is -2.13. The van der Waals surface area contributed by atoms with Crippen molar-refractivity contribution in [3.05, 3.63) is 29.8 Å². The van der Waals surface area contributed by atoms with Crippen LogP contribution in [-0.4, -0.2) is 53.3 Å². The number of carbonyl (C=O) groups is 2. The van der Waals surface area contributed by atoms with Gasteiger partial charge < -0.3 is 15.5 Å². The van der Waals surface area contributed by atoms with Crippen molar-refractivity contribution in [2.75, 3.05) is 31.7 Å². The van der Waals surface area contributed by atoms with Crippen molar-refractivity contribution in [3.63, 3.8) is 0 Å². The van der Waals surface area contributed by atoms with Crippen LogP contribution in [-0.2, 0) is 9.59 Å². The summed E-state index contributed by atoms with van der Waals surface area (Å²) in [5.74, 6) is -0.115. The number of likely N-dealkylation sites (N-methyl/N-ethyl adjacent to an activating group) is 2. The summed E-state index contributed by atoms with van der Waals surface area (Å²) in [4.78, 5) is 24.6. The van der Waals surface area contributed by atoms with Gasteiger partial charge in [0.2, 0.25) is 16.9 Å². The summed E-state index contributed by atoms with van der Waals surface area (Å²) in [5.41, 5.74) is 2.10. The van der Waals surface area contributed by atoms with Crippen molar-refractivity contribution < 1.29 is 9.59 Å². The lowest BCUT2D eigenvalue weighted by atomic mass is 10.2. The summed E-state index contributed by atoms with van der Waals surface area (Å²) in [7, 11) is 3.14. The van der Waals surface area contributed by atoms with Crippen LogP contribution in [0.15, 0.2) is 28.6 Å². The maximum Gasteiger partial charge on any atom is 0.239 e. The van der Waals surface area contributed by atoms with Crippen molar-refractivity contribution in [1.29, 1.82) is 0 Å². The van der Waals surface area contributed by atoms with E-state index in [9.17, 15) is 9.59 Å². The third-order valence-corrected chi connectivity index (χ3v) is 5.15. The number of para-hydroxylation sites is 1. The molecule has 2 rings (SSSR count). The van der Waals surface area contributed by atoms with E-state index in [0.29, 0.717) is 9.47 Å². The minimum Gasteiger partial charge on any atom is -0.358 e. The second-order valence-electron chi connectivity index (χ2n) is 5.02. The molecule has 128 valence electrons. The Morgan fingerprint density at radius 1 is 1.29 bits per heavy atom. The monoisotopic (exact) mass is 365 g/mol. The second-order valence-corrected chi connectivity index (χ2v) is 7.22. The van der Waals surface area contributed by atoms with Gasteiger partial charge >= 0.3 is 0 Å². The van der Waals surface area contributed by atoms with Gasteiger partial charge in [-0.1, -0.05) is 41.3 Å². The first-order chi connectivity index (χ1) is 11.5. The van der Waals surface area contributed by atoms with E-state index in [4.69, 9.17) is 0 Å². The molecule has 0 radical (unpaired) electrons. The number of hydrogen-bond donors (Lipinski definition) is 2. The fourth-order valence-corrected chi connectivity index (χ4v) is 3.47. The number of aryl methyl sites for hydroxylation is 1. The minimum absolute atomic E-state index is 0.0477. The molecule has 2 amide bonds. The average Bonchev–Trinajstić information content (AvgIpc) is 3.02. The molecule has 0 aliphatic heterocycles. The first-order valence-electron chi connectivity index (χ1n) is 7.23. The molecule has 0 aliphatic carbocycles. The normalized spacial score (nSPS) is 10.3. The molecule has 0 saturated heterocycles. The topological polar surface area (TPSA) is 87.2 Å². The number of rotatable bonds is 7. The molecule has 9 heteroatoms. The highest BCUT2D eigenvalue weighted by Crippen LogP contribution is 2.28. The van der Waals surface area contributed by atoms with E-state index >= 15 is 0 Å². The maximum absolute atomic E-state index is 12.0. The molecule has 2 aromatic rings. The molecule has 0 atom stereocenters. The molecule has 0 bridgehead atoms. The molecule has 0 unspecified atom stereocenters. The smallest absolute Gasteiger partial charge is 0.239 e. The van der Waals surface area contributed by atoms with Crippen molar-refractivity contribution in [2.24, 2.45) is 0 Å². The zero-order chi connectivity index (χ0) is 17.5. The summed E-state index contributed by atoms with van der Waals surface area (Å²) in [6, 6.07) is 7.91. The standard InChI is InChI=1S/C15H19N5O2S2/c1-10-6-4-5-7-11(10)17-14-18-19-15(24-14)23-9-13(22)20(3)8-12(21)16-2/h4-7H,8-9H2,1-3H3,(H,16,21)(H,17,18). The van der Waals surface area contributed by atoms with Gasteiger partial charge in [0.25, 0.3) is 0 Å². The molecule has 0 aliphatic rings. The van der Waals surface area contributed by atoms with Crippen molar-refractivity contribution in [1.82, 2.24) is 20.4 Å². The van der Waals surface area contributed by atoms with Gasteiger partial charge in [-0.15, -0.1) is 10.2 Å². The molecule has 7 nitrogen and oxygen atoms in total. The van der Waals surface area contributed by atoms with Gasteiger partial charge in [-0.3, -0.25) is 9.59 Å². The average molecular weight is 365 g/mol. The number of benzene rings is 1. The molecule has 0 spiro atoms. The van der Waals surface area contributed by atoms with Crippen LogP contribution in [0.1, 0.15) is 5.56 Å². The summed E-state index contributed by atoms with van der Waals surface area (Å²) in [6.07, 6.45) is 0. The molecule has 1 heterocycles. The lowest BCUT2D eigenvalue weighted by Gasteiger charge is -2.15. The zero-order valence-corrected chi connectivity index (χ0v) is 15.3. The molecule has 1 aromatic carbocycles. The van der Waals surface area contributed by atoms with Gasteiger partial charge in [0.05, 0.1) is 12.3 Å². The summed E-state index contributed by atoms with van der Waals surface area (Å²) in [6.45, 7) is 2.06. The van der Waals surface area contributed by atoms with Crippen LogP contribution in [0.25, 0.3) is 0 Å². The summed E-state index contributed by atoms with van der Waals surface area (Å²) < 4.78 is 0.702. The van der Waals surface area contributed by atoms with E-state index in [0.717, 1.165) is 11.3 Å². The van der Waals surface area contributed by atoms with Crippen LogP contribution < -0.4 is 10.6 Å². The molecular weight excluding hydrogens is 346 g/mol. The molecular formula is C15H19N5O2S2. The van der Waals surface area contributed by atoms with Gasteiger partial charge in [0.15, 0.2) is 4.34 Å². The molecule has 1 aromatic heterocycles. The zero-order valence-electron chi connectivity index (χ0n) is 13.7. The van der Waals surface area contributed by atoms with Gasteiger partial charge in [-0.25, -0.2) is 0 Å². The van der Waals surface area contributed by atoms with Crippen LogP contribution in [0.2, 0.25) is 0 Å². The molecule has 2 N–H and O–H groups in total. The number of hydrogen-bond acceptors (Lipinski definition) is 7. The van der Waals surface area contributed by atoms with E-state index in [1.807, 2.05) is 31.2 Å². The number of carbonyl (C=O) groups excluding carboxylic acids is 2. The Morgan fingerprint density at radius 3 is 2.75 bits per heavy atom. The van der Waals surface area contributed by atoms with Crippen molar-refractivity contribution in [2.45, 2.75) is 11.3 Å². The Kier molecular flexibility index (Phi) is 6.56. The number of thioether (sulfide) groups is 1. The largest absolute Gasteiger partial charge is 0.358 e. The highest BCUT2D eigenvalue weighted by atomic mass is 32.2. The van der Waals surface area contributed by atoms with Crippen molar-refractivity contribution >= 4 is 45.7 Å². The number of anilines is 2. The van der Waals surface area contributed by atoms with Crippen LogP contribution in [0, 0.1) is 6.92 Å². The summed E-state index contributed by atoms with van der Waals surface area (Å²) in [5, 5.41) is 14.5. The molecule has 24 heavy (non-hydrogen) atoms. The van der Waals surface area contributed by atoms with Gasteiger partial charge in [0, 0.05) is 19.8 Å². The van der Waals surface area contributed by atoms with E-state index in [1.54, 1.807) is 14.1 Å². The van der Waals surface area contributed by atoms with E-state index in [2.05, 4.69) is 20.8 Å². The van der Waals surface area contributed by atoms with Gasteiger partial charge in [-0.2, -0.15) is 0 Å². The predicted octanol–water partition coefficient (Wildman–Crippen LogP) is 1.89. The van der Waals surface area contributed by atoms with Crippen LogP contribution in [0.4, 0.5) is 10.8 Å². The maximum atomic E-state index is 12.0. The summed E-state index contributed by atoms with van der Waals surface area (Å²) >= 11 is 2.70. The third-order valence-electron chi connectivity index (χ3n) is 3.20. The van der Waals surface area contributed by atoms with Crippen molar-refractivity contribution in [3.8, 4) is 0 Å². The minimum atomic E-state index is -0.198. The lowest BCUT2D eigenvalue weighted by Crippen LogP contribution is -2.37. The van der Waals surface area contributed by atoms with Crippen LogP contribution in [0.3, 0.4) is 0 Å². The van der Waals surface area contributed by atoms with E-state index in [1.165, 1.54) is 28.0 Å². The Balaban J connectivity index is 1.86. The Bertz CT molecular complexity index is 719. The van der Waals surface area contributed by atoms with Gasteiger partial charge in [0.1, 0.15) is 0 Å². The molecule has 0 fully saturated rings. The predicted molar refractivity (Wildman–Crippen MR) is 96.8 cm³/mol. The van der Waals surface area contributed by atoms with Gasteiger partial charge in [-0.05, 0) is 18.6 Å². The highest BCUT2D eigenvalue weighted by Gasteiger charge is 2.14. The SMILES string of the molecule is CNC(=O)CN(C)C(=O)CSc1nnc(Nc2ccccc2C)s1. The fourth-order valence-electron chi connectivity index (χ4n) is 1.76. The van der Waals surface area contributed by atoms with E-state index in [-0.39, 0.29) is 24.1 Å². The Morgan fingerprint density at radius 2 is 2.04 bits per heavy atom. The van der Waals surface area contributed by atoms with Crippen LogP contribution in [0.5, 0.6) is 0 Å². The number of aromatic nitrogens is 2. The number of amides is 2. The number of nitrogens with zero attached hydrogens (tertiary/aromatic N) is 3. The third kappa shape index (κ3) is 5.20. The quantitative estimate of drug-likeness (QED) is 0.729. The number of nitrogens with one attached hydrogen (secondary N) is 2. The second kappa shape index (κ2) is 8.65. The fraction of sp³-hybridized carbons (Fsp3) is 0.333.